The number of amides is 1. The molecule has 152 valence electrons. The molecule has 2 heterocycles. The number of carbonyl (C=O) groups is 1. The molecule has 0 unspecified atom stereocenters. The smallest absolute Gasteiger partial charge is 0.252 e. The SMILES string of the molecule is Cc1ccc2nc(C)cc(C(=O)NCCS(=O)(=O)N3C[C@@H](C)O[C@@H](C)C3)c2c1. The van der Waals surface area contributed by atoms with Crippen LogP contribution in [0, 0.1) is 13.8 Å². The number of nitrogens with one attached hydrogen (secondary N) is 1. The van der Waals surface area contributed by atoms with Gasteiger partial charge >= 0.3 is 0 Å². The lowest BCUT2D eigenvalue weighted by molar-refractivity contribution is -0.0440. The van der Waals surface area contributed by atoms with Crippen LogP contribution in [0.1, 0.15) is 35.5 Å². The Hall–Kier alpha value is -2.03. The van der Waals surface area contributed by atoms with Gasteiger partial charge in [0.2, 0.25) is 10.0 Å². The van der Waals surface area contributed by atoms with Crippen molar-refractivity contribution in [3.8, 4) is 0 Å². The molecule has 0 saturated carbocycles. The molecular formula is C20H27N3O4S. The van der Waals surface area contributed by atoms with E-state index in [2.05, 4.69) is 10.3 Å². The van der Waals surface area contributed by atoms with Crippen LogP contribution in [0.5, 0.6) is 0 Å². The Morgan fingerprint density at radius 3 is 2.57 bits per heavy atom. The summed E-state index contributed by atoms with van der Waals surface area (Å²) >= 11 is 0. The summed E-state index contributed by atoms with van der Waals surface area (Å²) in [7, 11) is -3.46. The fourth-order valence-electron chi connectivity index (χ4n) is 3.54. The Kier molecular flexibility index (Phi) is 6.02. The van der Waals surface area contributed by atoms with E-state index in [1.54, 1.807) is 6.07 Å². The highest BCUT2D eigenvalue weighted by Gasteiger charge is 2.30. The molecule has 1 N–H and O–H groups in total. The fourth-order valence-corrected chi connectivity index (χ4v) is 5.03. The minimum atomic E-state index is -3.46. The molecule has 1 saturated heterocycles. The highest BCUT2D eigenvalue weighted by molar-refractivity contribution is 7.89. The third-order valence-electron chi connectivity index (χ3n) is 4.76. The Balaban J connectivity index is 1.69. The van der Waals surface area contributed by atoms with E-state index in [-0.39, 0.29) is 30.4 Å². The normalized spacial score (nSPS) is 21.0. The molecule has 1 amide bonds. The summed E-state index contributed by atoms with van der Waals surface area (Å²) in [5.74, 6) is -0.431. The lowest BCUT2D eigenvalue weighted by Gasteiger charge is -2.34. The second-order valence-electron chi connectivity index (χ2n) is 7.48. The van der Waals surface area contributed by atoms with Gasteiger partial charge in [-0.15, -0.1) is 0 Å². The highest BCUT2D eigenvalue weighted by Crippen LogP contribution is 2.20. The second kappa shape index (κ2) is 8.14. The van der Waals surface area contributed by atoms with Gasteiger partial charge in [0.05, 0.1) is 29.0 Å². The first-order chi connectivity index (χ1) is 13.2. The van der Waals surface area contributed by atoms with Crippen molar-refractivity contribution in [2.45, 2.75) is 39.9 Å². The van der Waals surface area contributed by atoms with E-state index in [1.807, 2.05) is 45.9 Å². The molecule has 0 spiro atoms. The summed E-state index contributed by atoms with van der Waals surface area (Å²) in [5, 5.41) is 3.52. The summed E-state index contributed by atoms with van der Waals surface area (Å²) in [4.78, 5) is 17.2. The van der Waals surface area contributed by atoms with E-state index in [0.29, 0.717) is 18.7 Å². The summed E-state index contributed by atoms with van der Waals surface area (Å²) < 4.78 is 32.3. The molecule has 0 bridgehead atoms. The van der Waals surface area contributed by atoms with Gasteiger partial charge in [-0.1, -0.05) is 11.6 Å². The largest absolute Gasteiger partial charge is 0.373 e. The number of aromatic nitrogens is 1. The van der Waals surface area contributed by atoms with Crippen LogP contribution in [0.4, 0.5) is 0 Å². The van der Waals surface area contributed by atoms with Crippen LogP contribution in [-0.4, -0.2) is 61.2 Å². The Morgan fingerprint density at radius 1 is 1.21 bits per heavy atom. The van der Waals surface area contributed by atoms with Crippen LogP contribution in [0.25, 0.3) is 10.9 Å². The number of carbonyl (C=O) groups excluding carboxylic acids is 1. The topological polar surface area (TPSA) is 88.6 Å². The predicted octanol–water partition coefficient (Wildman–Crippen LogP) is 2.02. The molecule has 1 aromatic heterocycles. The number of benzene rings is 1. The molecule has 8 heteroatoms. The van der Waals surface area contributed by atoms with Crippen molar-refractivity contribution in [2.24, 2.45) is 0 Å². The second-order valence-corrected chi connectivity index (χ2v) is 9.57. The Labute approximate surface area is 166 Å². The first-order valence-corrected chi connectivity index (χ1v) is 11.1. The van der Waals surface area contributed by atoms with Gasteiger partial charge in [-0.2, -0.15) is 4.31 Å². The lowest BCUT2D eigenvalue weighted by atomic mass is 10.0. The minimum Gasteiger partial charge on any atom is -0.373 e. The Morgan fingerprint density at radius 2 is 1.89 bits per heavy atom. The van der Waals surface area contributed by atoms with Crippen LogP contribution < -0.4 is 5.32 Å². The summed E-state index contributed by atoms with van der Waals surface area (Å²) in [5.41, 5.74) is 3.03. The van der Waals surface area contributed by atoms with Gasteiger partial charge in [0.25, 0.3) is 5.91 Å². The number of rotatable bonds is 5. The molecule has 3 rings (SSSR count). The molecule has 7 nitrogen and oxygen atoms in total. The van der Waals surface area contributed by atoms with Gasteiger partial charge < -0.3 is 10.1 Å². The summed E-state index contributed by atoms with van der Waals surface area (Å²) in [6, 6.07) is 7.49. The van der Waals surface area contributed by atoms with Crippen LogP contribution >= 0.6 is 0 Å². The molecule has 1 fully saturated rings. The van der Waals surface area contributed by atoms with Crippen LogP contribution in [-0.2, 0) is 14.8 Å². The van der Waals surface area contributed by atoms with Gasteiger partial charge in [0.15, 0.2) is 0 Å². The van der Waals surface area contributed by atoms with Gasteiger partial charge in [0, 0.05) is 30.7 Å². The van der Waals surface area contributed by atoms with E-state index in [9.17, 15) is 13.2 Å². The van der Waals surface area contributed by atoms with Crippen LogP contribution in [0.2, 0.25) is 0 Å². The standard InChI is InChI=1S/C20H27N3O4S/c1-13-5-6-19-17(9-13)18(10-14(2)22-19)20(24)21-7-8-28(25,26)23-11-15(3)27-16(4)12-23/h5-6,9-10,15-16H,7-8,11-12H2,1-4H3,(H,21,24)/t15-,16+. The zero-order valence-corrected chi connectivity index (χ0v) is 17.5. The third kappa shape index (κ3) is 4.68. The lowest BCUT2D eigenvalue weighted by Crippen LogP contribution is -2.49. The number of hydrogen-bond donors (Lipinski definition) is 1. The average molecular weight is 406 g/mol. The molecule has 2 atom stereocenters. The van der Waals surface area contributed by atoms with Gasteiger partial charge in [-0.05, 0) is 45.9 Å². The maximum Gasteiger partial charge on any atom is 0.252 e. The first kappa shape index (κ1) is 20.7. The Bertz CT molecular complexity index is 980. The van der Waals surface area contributed by atoms with E-state index >= 15 is 0 Å². The molecular weight excluding hydrogens is 378 g/mol. The van der Waals surface area contributed by atoms with Crippen molar-refractivity contribution in [3.05, 3.63) is 41.1 Å². The van der Waals surface area contributed by atoms with Crippen molar-refractivity contribution in [1.29, 1.82) is 0 Å². The quantitative estimate of drug-likeness (QED) is 0.822. The molecule has 1 aliphatic rings. The summed E-state index contributed by atoms with van der Waals surface area (Å²) in [6.07, 6.45) is -0.273. The van der Waals surface area contributed by atoms with Crippen LogP contribution in [0.3, 0.4) is 0 Å². The first-order valence-electron chi connectivity index (χ1n) is 9.45. The van der Waals surface area contributed by atoms with Gasteiger partial charge in [-0.3, -0.25) is 9.78 Å². The molecule has 1 aliphatic heterocycles. The van der Waals surface area contributed by atoms with E-state index < -0.39 is 10.0 Å². The van der Waals surface area contributed by atoms with E-state index in [0.717, 1.165) is 22.2 Å². The number of sulfonamides is 1. The maximum atomic E-state index is 12.7. The van der Waals surface area contributed by atoms with Gasteiger partial charge in [0.1, 0.15) is 0 Å². The number of fused-ring (bicyclic) bond motifs is 1. The highest BCUT2D eigenvalue weighted by atomic mass is 32.2. The van der Waals surface area contributed by atoms with E-state index in [4.69, 9.17) is 4.74 Å². The minimum absolute atomic E-state index is 0.0516. The van der Waals surface area contributed by atoms with Gasteiger partial charge in [-0.25, -0.2) is 8.42 Å². The van der Waals surface area contributed by atoms with Crippen molar-refractivity contribution in [1.82, 2.24) is 14.6 Å². The molecule has 2 aromatic rings. The molecule has 1 aromatic carbocycles. The monoisotopic (exact) mass is 405 g/mol. The molecule has 0 aliphatic carbocycles. The molecule has 0 radical (unpaired) electrons. The average Bonchev–Trinajstić information content (AvgIpc) is 2.60. The maximum absolute atomic E-state index is 12.7. The van der Waals surface area contributed by atoms with Crippen molar-refractivity contribution in [2.75, 3.05) is 25.4 Å². The zero-order chi connectivity index (χ0) is 20.5. The third-order valence-corrected chi connectivity index (χ3v) is 6.57. The van der Waals surface area contributed by atoms with Crippen molar-refractivity contribution < 1.29 is 17.9 Å². The number of ether oxygens (including phenoxy) is 1. The number of nitrogens with zero attached hydrogens (tertiary/aromatic N) is 2. The predicted molar refractivity (Wildman–Crippen MR) is 109 cm³/mol. The number of morpholine rings is 1. The number of aryl methyl sites for hydroxylation is 2. The molecule has 28 heavy (non-hydrogen) atoms. The summed E-state index contributed by atoms with van der Waals surface area (Å²) in [6.45, 7) is 8.24. The van der Waals surface area contributed by atoms with Crippen molar-refractivity contribution in [3.63, 3.8) is 0 Å². The zero-order valence-electron chi connectivity index (χ0n) is 16.7. The van der Waals surface area contributed by atoms with Crippen LogP contribution in [0.15, 0.2) is 24.3 Å². The number of pyridine rings is 1. The van der Waals surface area contributed by atoms with Crippen molar-refractivity contribution >= 4 is 26.8 Å². The number of hydrogen-bond acceptors (Lipinski definition) is 5. The van der Waals surface area contributed by atoms with E-state index in [1.165, 1.54) is 4.31 Å². The fraction of sp³-hybridized carbons (Fsp3) is 0.500.